The third kappa shape index (κ3) is 2.28. The number of nitrogens with two attached hydrogens (primary N) is 1. The van der Waals surface area contributed by atoms with Crippen LogP contribution in [0.2, 0.25) is 0 Å². The molecule has 0 aliphatic heterocycles. The average molecular weight is 236 g/mol. The zero-order valence-corrected chi connectivity index (χ0v) is 9.79. The molecule has 2 nitrogen and oxygen atoms in total. The number of phenols is 1. The number of rotatable bonds is 1. The number of anilines is 1. The van der Waals surface area contributed by atoms with Gasteiger partial charge in [0.2, 0.25) is 0 Å². The first-order valence-corrected chi connectivity index (χ1v) is 4.83. The van der Waals surface area contributed by atoms with Gasteiger partial charge in [-0.15, -0.1) is 12.4 Å². The summed E-state index contributed by atoms with van der Waals surface area (Å²) in [6, 6.07) is 13.1. The molecule has 16 heavy (non-hydrogen) atoms. The summed E-state index contributed by atoms with van der Waals surface area (Å²) >= 11 is 0. The Labute approximate surface area is 101 Å². The second kappa shape index (κ2) is 4.90. The van der Waals surface area contributed by atoms with Gasteiger partial charge in [-0.3, -0.25) is 0 Å². The molecule has 2 rings (SSSR count). The predicted octanol–water partition coefficient (Wildman–Crippen LogP) is 3.37. The molecular formula is C13H14ClNO. The van der Waals surface area contributed by atoms with Crippen molar-refractivity contribution in [3.63, 3.8) is 0 Å². The maximum Gasteiger partial charge on any atom is 0.125 e. The Bertz CT molecular complexity index is 460. The van der Waals surface area contributed by atoms with Crippen LogP contribution in [-0.4, -0.2) is 5.11 Å². The van der Waals surface area contributed by atoms with Crippen molar-refractivity contribution < 1.29 is 5.11 Å². The molecule has 0 saturated heterocycles. The topological polar surface area (TPSA) is 46.2 Å². The van der Waals surface area contributed by atoms with E-state index in [9.17, 15) is 5.11 Å². The van der Waals surface area contributed by atoms with E-state index >= 15 is 0 Å². The van der Waals surface area contributed by atoms with Gasteiger partial charge < -0.3 is 10.8 Å². The summed E-state index contributed by atoms with van der Waals surface area (Å²) < 4.78 is 0. The highest BCUT2D eigenvalue weighted by molar-refractivity contribution is 5.85. The molecule has 0 aromatic heterocycles. The quantitative estimate of drug-likeness (QED) is 0.745. The Balaban J connectivity index is 0.00000128. The highest BCUT2D eigenvalue weighted by Crippen LogP contribution is 2.34. The summed E-state index contributed by atoms with van der Waals surface area (Å²) in [7, 11) is 0. The fourth-order valence-electron chi connectivity index (χ4n) is 1.59. The van der Waals surface area contributed by atoms with E-state index in [2.05, 4.69) is 0 Å². The number of hydrogen-bond acceptors (Lipinski definition) is 2. The van der Waals surface area contributed by atoms with Crippen LogP contribution in [0, 0.1) is 6.92 Å². The number of phenolic OH excluding ortho intramolecular Hbond substituents is 1. The summed E-state index contributed by atoms with van der Waals surface area (Å²) in [6.45, 7) is 2.03. The molecule has 2 aromatic rings. The van der Waals surface area contributed by atoms with Crippen molar-refractivity contribution in [3.05, 3.63) is 48.0 Å². The number of halogens is 1. The van der Waals surface area contributed by atoms with Crippen molar-refractivity contribution in [2.75, 3.05) is 5.73 Å². The summed E-state index contributed by atoms with van der Waals surface area (Å²) in [5.41, 5.74) is 9.26. The van der Waals surface area contributed by atoms with Crippen molar-refractivity contribution in [1.82, 2.24) is 0 Å². The van der Waals surface area contributed by atoms with Gasteiger partial charge in [-0.25, -0.2) is 0 Å². The molecule has 0 atom stereocenters. The maximum atomic E-state index is 9.73. The van der Waals surface area contributed by atoms with Crippen molar-refractivity contribution in [3.8, 4) is 16.9 Å². The monoisotopic (exact) mass is 235 g/mol. The van der Waals surface area contributed by atoms with Crippen LogP contribution in [0.15, 0.2) is 42.5 Å². The van der Waals surface area contributed by atoms with Crippen LogP contribution in [0.1, 0.15) is 5.56 Å². The zero-order valence-electron chi connectivity index (χ0n) is 8.97. The summed E-state index contributed by atoms with van der Waals surface area (Å²) in [5.74, 6) is 0.221. The second-order valence-electron chi connectivity index (χ2n) is 3.61. The Morgan fingerprint density at radius 1 is 1.00 bits per heavy atom. The molecule has 0 amide bonds. The molecule has 0 saturated carbocycles. The molecule has 3 N–H and O–H groups in total. The summed E-state index contributed by atoms with van der Waals surface area (Å²) in [5, 5.41) is 9.73. The van der Waals surface area contributed by atoms with Crippen LogP contribution in [-0.2, 0) is 0 Å². The molecule has 0 aliphatic carbocycles. The van der Waals surface area contributed by atoms with E-state index in [1.165, 1.54) is 5.56 Å². The molecule has 3 heteroatoms. The van der Waals surface area contributed by atoms with Gasteiger partial charge in [0, 0.05) is 11.3 Å². The Morgan fingerprint density at radius 2 is 1.62 bits per heavy atom. The molecule has 0 unspecified atom stereocenters. The Kier molecular flexibility index (Phi) is 3.80. The predicted molar refractivity (Wildman–Crippen MR) is 69.9 cm³/mol. The molecule has 0 bridgehead atoms. The van der Waals surface area contributed by atoms with Crippen molar-refractivity contribution in [2.24, 2.45) is 0 Å². The first-order chi connectivity index (χ1) is 7.18. The zero-order chi connectivity index (χ0) is 10.8. The van der Waals surface area contributed by atoms with Gasteiger partial charge in [-0.2, -0.15) is 0 Å². The van der Waals surface area contributed by atoms with E-state index in [1.54, 1.807) is 18.2 Å². The van der Waals surface area contributed by atoms with Crippen molar-refractivity contribution in [2.45, 2.75) is 6.92 Å². The smallest absolute Gasteiger partial charge is 0.125 e. The van der Waals surface area contributed by atoms with E-state index in [0.29, 0.717) is 11.3 Å². The average Bonchev–Trinajstić information content (AvgIpc) is 2.20. The molecule has 2 aromatic carbocycles. The maximum absolute atomic E-state index is 9.73. The number of aromatic hydroxyl groups is 1. The Hall–Kier alpha value is -1.67. The van der Waals surface area contributed by atoms with Crippen molar-refractivity contribution >= 4 is 18.1 Å². The van der Waals surface area contributed by atoms with E-state index in [-0.39, 0.29) is 18.2 Å². The minimum Gasteiger partial charge on any atom is -0.507 e. The van der Waals surface area contributed by atoms with E-state index in [0.717, 1.165) is 5.56 Å². The largest absolute Gasteiger partial charge is 0.507 e. The fourth-order valence-corrected chi connectivity index (χ4v) is 1.59. The van der Waals surface area contributed by atoms with Crippen LogP contribution >= 0.6 is 12.4 Å². The lowest BCUT2D eigenvalue weighted by Gasteiger charge is -2.08. The van der Waals surface area contributed by atoms with Gasteiger partial charge in [0.1, 0.15) is 5.75 Å². The molecule has 84 valence electrons. The lowest BCUT2D eigenvalue weighted by Crippen LogP contribution is -1.90. The first kappa shape index (κ1) is 12.4. The Morgan fingerprint density at radius 3 is 2.19 bits per heavy atom. The highest BCUT2D eigenvalue weighted by atomic mass is 35.5. The third-order valence-electron chi connectivity index (χ3n) is 2.41. The minimum atomic E-state index is 0. The second-order valence-corrected chi connectivity index (χ2v) is 3.61. The highest BCUT2D eigenvalue weighted by Gasteiger charge is 2.06. The summed E-state index contributed by atoms with van der Waals surface area (Å²) in [4.78, 5) is 0. The summed E-state index contributed by atoms with van der Waals surface area (Å²) in [6.07, 6.45) is 0. The number of nitrogen functional groups attached to an aromatic ring is 1. The van der Waals surface area contributed by atoms with Gasteiger partial charge in [-0.05, 0) is 24.6 Å². The van der Waals surface area contributed by atoms with Crippen LogP contribution in [0.25, 0.3) is 11.1 Å². The standard InChI is InChI=1S/C13H13NO.ClH/c1-9-5-7-10(8-6-9)13-11(14)3-2-4-12(13)15;/h2-8,15H,14H2,1H3;1H. The molecule has 0 radical (unpaired) electrons. The number of aryl methyl sites for hydroxylation is 1. The fraction of sp³-hybridized carbons (Fsp3) is 0.0769. The lowest BCUT2D eigenvalue weighted by atomic mass is 10.0. The van der Waals surface area contributed by atoms with Crippen LogP contribution in [0.3, 0.4) is 0 Å². The van der Waals surface area contributed by atoms with E-state index < -0.39 is 0 Å². The SMILES string of the molecule is Cc1ccc(-c2c(N)cccc2O)cc1.Cl. The van der Waals surface area contributed by atoms with Gasteiger partial charge in [0.25, 0.3) is 0 Å². The number of benzene rings is 2. The third-order valence-corrected chi connectivity index (χ3v) is 2.41. The van der Waals surface area contributed by atoms with Crippen LogP contribution < -0.4 is 5.73 Å². The number of hydrogen-bond donors (Lipinski definition) is 2. The van der Waals surface area contributed by atoms with Gasteiger partial charge in [0.15, 0.2) is 0 Å². The van der Waals surface area contributed by atoms with Crippen LogP contribution in [0.4, 0.5) is 5.69 Å². The van der Waals surface area contributed by atoms with Gasteiger partial charge in [-0.1, -0.05) is 35.9 Å². The van der Waals surface area contributed by atoms with E-state index in [1.807, 2.05) is 31.2 Å². The first-order valence-electron chi connectivity index (χ1n) is 4.83. The lowest BCUT2D eigenvalue weighted by molar-refractivity contribution is 0.477. The van der Waals surface area contributed by atoms with Gasteiger partial charge >= 0.3 is 0 Å². The van der Waals surface area contributed by atoms with Crippen LogP contribution in [0.5, 0.6) is 5.75 Å². The normalized spacial score (nSPS) is 9.56. The molecular weight excluding hydrogens is 222 g/mol. The molecule has 0 heterocycles. The van der Waals surface area contributed by atoms with Gasteiger partial charge in [0.05, 0.1) is 0 Å². The molecule has 0 aliphatic rings. The molecule has 0 fully saturated rings. The molecule has 0 spiro atoms. The van der Waals surface area contributed by atoms with E-state index in [4.69, 9.17) is 5.73 Å². The minimum absolute atomic E-state index is 0. The van der Waals surface area contributed by atoms with Crippen molar-refractivity contribution in [1.29, 1.82) is 0 Å².